The molecule has 1 aromatic carbocycles. The number of benzene rings is 1. The lowest BCUT2D eigenvalue weighted by Gasteiger charge is -2.35. The van der Waals surface area contributed by atoms with Gasteiger partial charge in [0.05, 0.1) is 25.7 Å². The number of hydrogen-bond acceptors (Lipinski definition) is 4. The molecule has 4 nitrogen and oxygen atoms in total. The standard InChI is InChI=1S/C21H19NO3S/c1-24-18-5-3-16(4-6-18)20-21-17(10-13-26-21)8-11-22(20)19(23)7-2-15-9-12-25-14-15/h2-7,9-10,12-14,20H,8,11H2,1H3/b7-2+. The van der Waals surface area contributed by atoms with Crippen LogP contribution in [0.25, 0.3) is 6.08 Å². The molecule has 1 aliphatic rings. The van der Waals surface area contributed by atoms with Crippen LogP contribution in [-0.4, -0.2) is 24.5 Å². The van der Waals surface area contributed by atoms with Crippen molar-refractivity contribution in [1.29, 1.82) is 0 Å². The fraction of sp³-hybridized carbons (Fsp3) is 0.190. The third-order valence-electron chi connectivity index (χ3n) is 4.64. The van der Waals surface area contributed by atoms with E-state index in [2.05, 4.69) is 11.4 Å². The van der Waals surface area contributed by atoms with Gasteiger partial charge in [0.2, 0.25) is 5.91 Å². The predicted octanol–water partition coefficient (Wildman–Crippen LogP) is 4.54. The zero-order chi connectivity index (χ0) is 17.9. The molecule has 1 unspecified atom stereocenters. The minimum Gasteiger partial charge on any atom is -0.497 e. The van der Waals surface area contributed by atoms with Gasteiger partial charge < -0.3 is 14.1 Å². The maximum Gasteiger partial charge on any atom is 0.247 e. The normalized spacial score (nSPS) is 16.7. The lowest BCUT2D eigenvalue weighted by molar-refractivity contribution is -0.127. The van der Waals surface area contributed by atoms with Crippen molar-refractivity contribution in [2.45, 2.75) is 12.5 Å². The number of furan rings is 1. The SMILES string of the molecule is COc1ccc(C2c3sccc3CCN2C(=O)/C=C/c2ccoc2)cc1. The number of thiophene rings is 1. The summed E-state index contributed by atoms with van der Waals surface area (Å²) in [4.78, 5) is 16.1. The van der Waals surface area contributed by atoms with E-state index >= 15 is 0 Å². The summed E-state index contributed by atoms with van der Waals surface area (Å²) in [6.45, 7) is 0.703. The average molecular weight is 365 g/mol. The van der Waals surface area contributed by atoms with Gasteiger partial charge in [-0.3, -0.25) is 4.79 Å². The van der Waals surface area contributed by atoms with Crippen molar-refractivity contribution < 1.29 is 13.9 Å². The van der Waals surface area contributed by atoms with Crippen molar-refractivity contribution in [2.75, 3.05) is 13.7 Å². The van der Waals surface area contributed by atoms with Crippen LogP contribution < -0.4 is 4.74 Å². The minimum atomic E-state index is -0.0637. The topological polar surface area (TPSA) is 42.7 Å². The Kier molecular flexibility index (Phi) is 4.63. The molecule has 1 aliphatic heterocycles. The van der Waals surface area contributed by atoms with E-state index < -0.39 is 0 Å². The van der Waals surface area contributed by atoms with E-state index in [9.17, 15) is 4.79 Å². The molecular weight excluding hydrogens is 346 g/mol. The van der Waals surface area contributed by atoms with Gasteiger partial charge >= 0.3 is 0 Å². The first-order valence-corrected chi connectivity index (χ1v) is 9.35. The van der Waals surface area contributed by atoms with Crippen LogP contribution in [0.2, 0.25) is 0 Å². The quantitative estimate of drug-likeness (QED) is 0.638. The van der Waals surface area contributed by atoms with Crippen LogP contribution in [0.1, 0.15) is 27.6 Å². The largest absolute Gasteiger partial charge is 0.497 e. The van der Waals surface area contributed by atoms with Gasteiger partial charge in [0, 0.05) is 23.1 Å². The van der Waals surface area contributed by atoms with Gasteiger partial charge in [-0.05, 0) is 53.3 Å². The second-order valence-electron chi connectivity index (χ2n) is 6.16. The number of fused-ring (bicyclic) bond motifs is 1. The highest BCUT2D eigenvalue weighted by Crippen LogP contribution is 2.39. The second kappa shape index (κ2) is 7.22. The van der Waals surface area contributed by atoms with Crippen molar-refractivity contribution in [1.82, 2.24) is 4.90 Å². The van der Waals surface area contributed by atoms with Crippen LogP contribution in [-0.2, 0) is 11.2 Å². The van der Waals surface area contributed by atoms with Crippen LogP contribution in [0.15, 0.2) is 64.8 Å². The number of methoxy groups -OCH3 is 1. The van der Waals surface area contributed by atoms with Gasteiger partial charge in [-0.1, -0.05) is 12.1 Å². The van der Waals surface area contributed by atoms with E-state index in [0.717, 1.165) is 23.3 Å². The fourth-order valence-corrected chi connectivity index (χ4v) is 4.39. The number of nitrogens with zero attached hydrogens (tertiary/aromatic N) is 1. The first kappa shape index (κ1) is 16.7. The van der Waals surface area contributed by atoms with Crippen LogP contribution in [0, 0.1) is 0 Å². The molecule has 5 heteroatoms. The maximum absolute atomic E-state index is 12.9. The molecule has 0 saturated heterocycles. The first-order valence-electron chi connectivity index (χ1n) is 8.47. The summed E-state index contributed by atoms with van der Waals surface area (Å²) in [5, 5.41) is 2.11. The first-order chi connectivity index (χ1) is 12.8. The van der Waals surface area contributed by atoms with E-state index in [-0.39, 0.29) is 11.9 Å². The molecule has 132 valence electrons. The Hall–Kier alpha value is -2.79. The predicted molar refractivity (Wildman–Crippen MR) is 102 cm³/mol. The molecule has 0 radical (unpaired) electrons. The summed E-state index contributed by atoms with van der Waals surface area (Å²) in [5.41, 5.74) is 3.31. The van der Waals surface area contributed by atoms with E-state index in [0.29, 0.717) is 6.54 Å². The van der Waals surface area contributed by atoms with Crippen molar-refractivity contribution >= 4 is 23.3 Å². The molecule has 0 fully saturated rings. The average Bonchev–Trinajstić information content (AvgIpc) is 3.37. The summed E-state index contributed by atoms with van der Waals surface area (Å²) < 4.78 is 10.3. The molecule has 0 N–H and O–H groups in total. The van der Waals surface area contributed by atoms with Gasteiger partial charge in [-0.15, -0.1) is 11.3 Å². The number of carbonyl (C=O) groups excluding carboxylic acids is 1. The van der Waals surface area contributed by atoms with E-state index in [4.69, 9.17) is 9.15 Å². The third kappa shape index (κ3) is 3.18. The van der Waals surface area contributed by atoms with Gasteiger partial charge in [0.1, 0.15) is 5.75 Å². The van der Waals surface area contributed by atoms with Crippen molar-refractivity contribution in [3.05, 3.63) is 81.9 Å². The van der Waals surface area contributed by atoms with Crippen LogP contribution >= 0.6 is 11.3 Å². The molecule has 0 saturated carbocycles. The highest BCUT2D eigenvalue weighted by Gasteiger charge is 2.32. The Balaban J connectivity index is 1.67. The molecule has 3 aromatic rings. The van der Waals surface area contributed by atoms with Crippen molar-refractivity contribution in [3.8, 4) is 5.75 Å². The smallest absolute Gasteiger partial charge is 0.247 e. The molecule has 1 atom stereocenters. The Morgan fingerprint density at radius 1 is 1.27 bits per heavy atom. The van der Waals surface area contributed by atoms with Gasteiger partial charge in [0.25, 0.3) is 0 Å². The molecule has 2 aromatic heterocycles. The lowest BCUT2D eigenvalue weighted by Crippen LogP contribution is -2.39. The number of carbonyl (C=O) groups is 1. The van der Waals surface area contributed by atoms with Crippen LogP contribution in [0.5, 0.6) is 5.75 Å². The summed E-state index contributed by atoms with van der Waals surface area (Å²) in [6, 6.07) is 11.9. The molecule has 0 spiro atoms. The Bertz CT molecular complexity index is 909. The number of rotatable bonds is 4. The Morgan fingerprint density at radius 3 is 2.85 bits per heavy atom. The second-order valence-corrected chi connectivity index (χ2v) is 7.11. The highest BCUT2D eigenvalue weighted by molar-refractivity contribution is 7.10. The highest BCUT2D eigenvalue weighted by atomic mass is 32.1. The van der Waals surface area contributed by atoms with E-state index in [1.54, 1.807) is 43.1 Å². The van der Waals surface area contributed by atoms with Gasteiger partial charge in [-0.25, -0.2) is 0 Å². The lowest BCUT2D eigenvalue weighted by atomic mass is 9.95. The van der Waals surface area contributed by atoms with Crippen molar-refractivity contribution in [2.24, 2.45) is 0 Å². The monoisotopic (exact) mass is 365 g/mol. The molecule has 1 amide bonds. The van der Waals surface area contributed by atoms with Crippen LogP contribution in [0.3, 0.4) is 0 Å². The fourth-order valence-electron chi connectivity index (χ4n) is 3.29. The Labute approximate surface area is 156 Å². The third-order valence-corrected chi connectivity index (χ3v) is 5.65. The zero-order valence-corrected chi connectivity index (χ0v) is 15.2. The molecule has 0 bridgehead atoms. The summed E-state index contributed by atoms with van der Waals surface area (Å²) in [6.07, 6.45) is 7.53. The summed E-state index contributed by atoms with van der Waals surface area (Å²) in [5.74, 6) is 0.819. The zero-order valence-electron chi connectivity index (χ0n) is 14.4. The van der Waals surface area contributed by atoms with Crippen molar-refractivity contribution in [3.63, 3.8) is 0 Å². The molecule has 3 heterocycles. The van der Waals surface area contributed by atoms with E-state index in [1.165, 1.54) is 10.4 Å². The number of ether oxygens (including phenoxy) is 1. The van der Waals surface area contributed by atoms with E-state index in [1.807, 2.05) is 35.2 Å². The summed E-state index contributed by atoms with van der Waals surface area (Å²) in [7, 11) is 1.66. The van der Waals surface area contributed by atoms with Gasteiger partial charge in [0.15, 0.2) is 0 Å². The minimum absolute atomic E-state index is 0.00562. The number of amides is 1. The van der Waals surface area contributed by atoms with Crippen LogP contribution in [0.4, 0.5) is 0 Å². The molecule has 26 heavy (non-hydrogen) atoms. The molecule has 4 rings (SSSR count). The van der Waals surface area contributed by atoms with Gasteiger partial charge in [-0.2, -0.15) is 0 Å². The number of hydrogen-bond donors (Lipinski definition) is 0. The molecular formula is C21H19NO3S. The maximum atomic E-state index is 12.9. The summed E-state index contributed by atoms with van der Waals surface area (Å²) >= 11 is 1.71. The molecule has 0 aliphatic carbocycles. The Morgan fingerprint density at radius 2 is 2.12 bits per heavy atom.